The highest BCUT2D eigenvalue weighted by molar-refractivity contribution is 9.09. The van der Waals surface area contributed by atoms with Gasteiger partial charge in [-0.25, -0.2) is 0 Å². The van der Waals surface area contributed by atoms with Crippen LogP contribution in [0.5, 0.6) is 0 Å². The Morgan fingerprint density at radius 3 is 2.10 bits per heavy atom. The number of rotatable bonds is 11. The molecular weight excluding hydrogens is 308 g/mol. The van der Waals surface area contributed by atoms with Crippen molar-refractivity contribution in [2.45, 2.75) is 77.6 Å². The Labute approximate surface area is 134 Å². The first-order chi connectivity index (χ1) is 9.79. The van der Waals surface area contributed by atoms with Crippen LogP contribution in [0.3, 0.4) is 0 Å². The maximum Gasteiger partial charge on any atom is 0.0100 e. The first-order valence-corrected chi connectivity index (χ1v) is 9.53. The third-order valence-corrected chi connectivity index (χ3v) is 5.00. The van der Waals surface area contributed by atoms with Gasteiger partial charge in [0, 0.05) is 5.33 Å². The van der Waals surface area contributed by atoms with E-state index < -0.39 is 0 Å². The standard InChI is InChI=1S/C19H31Br/c1-3-4-5-6-7-8-9-10-14-18(16-20)19-15-12-11-13-17(19)2/h11-13,15,18H,3-10,14,16H2,1-2H3. The summed E-state index contributed by atoms with van der Waals surface area (Å²) >= 11 is 3.70. The fourth-order valence-corrected chi connectivity index (χ4v) is 3.56. The van der Waals surface area contributed by atoms with Gasteiger partial charge >= 0.3 is 0 Å². The van der Waals surface area contributed by atoms with Crippen LogP contribution in [0.1, 0.15) is 81.8 Å². The summed E-state index contributed by atoms with van der Waals surface area (Å²) in [6.07, 6.45) is 12.6. The minimum absolute atomic E-state index is 0.691. The van der Waals surface area contributed by atoms with Gasteiger partial charge in [-0.05, 0) is 30.4 Å². The highest BCUT2D eigenvalue weighted by Crippen LogP contribution is 2.27. The van der Waals surface area contributed by atoms with E-state index in [-0.39, 0.29) is 0 Å². The lowest BCUT2D eigenvalue weighted by atomic mass is 9.91. The molecule has 0 spiro atoms. The monoisotopic (exact) mass is 338 g/mol. The van der Waals surface area contributed by atoms with Crippen LogP contribution in [0.2, 0.25) is 0 Å². The Balaban J connectivity index is 2.18. The highest BCUT2D eigenvalue weighted by Gasteiger charge is 2.11. The molecule has 0 amide bonds. The predicted octanol–water partition coefficient (Wildman–Crippen LogP) is 7.00. The molecule has 1 heteroatoms. The lowest BCUT2D eigenvalue weighted by Gasteiger charge is -2.16. The summed E-state index contributed by atoms with van der Waals surface area (Å²) in [6.45, 7) is 4.52. The molecule has 0 saturated heterocycles. The zero-order chi connectivity index (χ0) is 14.6. The van der Waals surface area contributed by atoms with Crippen molar-refractivity contribution < 1.29 is 0 Å². The van der Waals surface area contributed by atoms with Crippen molar-refractivity contribution in [2.24, 2.45) is 0 Å². The number of alkyl halides is 1. The summed E-state index contributed by atoms with van der Waals surface area (Å²) in [7, 11) is 0. The van der Waals surface area contributed by atoms with Crippen LogP contribution in [0.25, 0.3) is 0 Å². The molecule has 0 aromatic heterocycles. The first kappa shape index (κ1) is 17.8. The Morgan fingerprint density at radius 2 is 1.50 bits per heavy atom. The van der Waals surface area contributed by atoms with Crippen LogP contribution in [-0.4, -0.2) is 5.33 Å². The second kappa shape index (κ2) is 11.4. The summed E-state index contributed by atoms with van der Waals surface area (Å²) in [5.74, 6) is 0.691. The minimum atomic E-state index is 0.691. The van der Waals surface area contributed by atoms with E-state index in [1.165, 1.54) is 68.9 Å². The zero-order valence-electron chi connectivity index (χ0n) is 13.3. The van der Waals surface area contributed by atoms with Crippen LogP contribution in [-0.2, 0) is 0 Å². The average molecular weight is 339 g/mol. The molecule has 0 aliphatic rings. The van der Waals surface area contributed by atoms with Gasteiger partial charge in [-0.2, -0.15) is 0 Å². The van der Waals surface area contributed by atoms with Crippen molar-refractivity contribution in [3.05, 3.63) is 35.4 Å². The van der Waals surface area contributed by atoms with Gasteiger partial charge in [0.15, 0.2) is 0 Å². The molecule has 0 fully saturated rings. The van der Waals surface area contributed by atoms with Crippen LogP contribution in [0.4, 0.5) is 0 Å². The summed E-state index contributed by atoms with van der Waals surface area (Å²) < 4.78 is 0. The number of halogens is 1. The van der Waals surface area contributed by atoms with Gasteiger partial charge in [-0.1, -0.05) is 98.5 Å². The molecule has 0 aliphatic carbocycles. The van der Waals surface area contributed by atoms with Gasteiger partial charge in [0.1, 0.15) is 0 Å². The van der Waals surface area contributed by atoms with Crippen molar-refractivity contribution in [3.63, 3.8) is 0 Å². The van der Waals surface area contributed by atoms with E-state index in [0.717, 1.165) is 5.33 Å². The number of hydrogen-bond acceptors (Lipinski definition) is 0. The van der Waals surface area contributed by atoms with Gasteiger partial charge in [-0.3, -0.25) is 0 Å². The fraction of sp³-hybridized carbons (Fsp3) is 0.684. The van der Waals surface area contributed by atoms with Crippen molar-refractivity contribution in [2.75, 3.05) is 5.33 Å². The first-order valence-electron chi connectivity index (χ1n) is 8.41. The molecule has 1 atom stereocenters. The van der Waals surface area contributed by atoms with Crippen LogP contribution >= 0.6 is 15.9 Å². The molecule has 114 valence electrons. The summed E-state index contributed by atoms with van der Waals surface area (Å²) in [5.41, 5.74) is 2.98. The largest absolute Gasteiger partial charge is 0.0921 e. The second-order valence-electron chi connectivity index (χ2n) is 5.97. The fourth-order valence-electron chi connectivity index (χ4n) is 2.89. The molecule has 0 saturated carbocycles. The molecule has 0 aliphatic heterocycles. The predicted molar refractivity (Wildman–Crippen MR) is 94.9 cm³/mol. The number of benzene rings is 1. The molecule has 1 aromatic carbocycles. The van der Waals surface area contributed by atoms with Gasteiger partial charge in [0.25, 0.3) is 0 Å². The van der Waals surface area contributed by atoms with Gasteiger partial charge in [-0.15, -0.1) is 0 Å². The van der Waals surface area contributed by atoms with Gasteiger partial charge < -0.3 is 0 Å². The molecule has 1 unspecified atom stereocenters. The lowest BCUT2D eigenvalue weighted by molar-refractivity contribution is 0.545. The van der Waals surface area contributed by atoms with E-state index >= 15 is 0 Å². The van der Waals surface area contributed by atoms with E-state index in [4.69, 9.17) is 0 Å². The maximum atomic E-state index is 3.70. The molecule has 0 nitrogen and oxygen atoms in total. The van der Waals surface area contributed by atoms with Crippen molar-refractivity contribution in [1.82, 2.24) is 0 Å². The Bertz CT molecular complexity index is 345. The van der Waals surface area contributed by atoms with Crippen LogP contribution in [0.15, 0.2) is 24.3 Å². The number of hydrogen-bond donors (Lipinski definition) is 0. The Morgan fingerprint density at radius 1 is 0.900 bits per heavy atom. The molecule has 1 aromatic rings. The average Bonchev–Trinajstić information content (AvgIpc) is 2.47. The van der Waals surface area contributed by atoms with Crippen molar-refractivity contribution in [1.29, 1.82) is 0 Å². The highest BCUT2D eigenvalue weighted by atomic mass is 79.9. The van der Waals surface area contributed by atoms with E-state index in [0.29, 0.717) is 5.92 Å². The molecule has 0 N–H and O–H groups in total. The summed E-state index contributed by atoms with van der Waals surface area (Å²) in [4.78, 5) is 0. The molecule has 0 radical (unpaired) electrons. The maximum absolute atomic E-state index is 3.70. The Hall–Kier alpha value is -0.300. The van der Waals surface area contributed by atoms with Crippen LogP contribution < -0.4 is 0 Å². The molecular formula is C19H31Br. The smallest absolute Gasteiger partial charge is 0.0100 e. The zero-order valence-corrected chi connectivity index (χ0v) is 14.9. The molecule has 1 rings (SSSR count). The minimum Gasteiger partial charge on any atom is -0.0921 e. The van der Waals surface area contributed by atoms with E-state index in [1.807, 2.05) is 0 Å². The summed E-state index contributed by atoms with van der Waals surface area (Å²) in [6, 6.07) is 8.84. The number of unbranched alkanes of at least 4 members (excludes halogenated alkanes) is 7. The van der Waals surface area contributed by atoms with Crippen LogP contribution in [0, 0.1) is 6.92 Å². The van der Waals surface area contributed by atoms with E-state index in [9.17, 15) is 0 Å². The van der Waals surface area contributed by atoms with E-state index in [1.54, 1.807) is 0 Å². The SMILES string of the molecule is CCCCCCCCCCC(CBr)c1ccccc1C. The molecule has 20 heavy (non-hydrogen) atoms. The second-order valence-corrected chi connectivity index (χ2v) is 6.62. The molecule has 0 bridgehead atoms. The van der Waals surface area contributed by atoms with Crippen molar-refractivity contribution in [3.8, 4) is 0 Å². The third-order valence-electron chi connectivity index (χ3n) is 4.22. The normalized spacial score (nSPS) is 12.6. The van der Waals surface area contributed by atoms with E-state index in [2.05, 4.69) is 54.0 Å². The topological polar surface area (TPSA) is 0 Å². The summed E-state index contributed by atoms with van der Waals surface area (Å²) in [5, 5.41) is 1.09. The Kier molecular flexibility index (Phi) is 10.1. The quantitative estimate of drug-likeness (QED) is 0.301. The van der Waals surface area contributed by atoms with Gasteiger partial charge in [0.2, 0.25) is 0 Å². The lowest BCUT2D eigenvalue weighted by Crippen LogP contribution is -2.02. The van der Waals surface area contributed by atoms with Gasteiger partial charge in [0.05, 0.1) is 0 Å². The third kappa shape index (κ3) is 6.92. The molecule has 0 heterocycles. The van der Waals surface area contributed by atoms with Crippen molar-refractivity contribution >= 4 is 15.9 Å². The number of aryl methyl sites for hydroxylation is 1.